The lowest BCUT2D eigenvalue weighted by Gasteiger charge is -2.25. The number of hydrogen-bond acceptors (Lipinski definition) is 5. The van der Waals surface area contributed by atoms with E-state index < -0.39 is 17.7 Å². The van der Waals surface area contributed by atoms with E-state index in [1.165, 1.54) is 0 Å². The molecule has 0 bridgehead atoms. The van der Waals surface area contributed by atoms with Crippen LogP contribution in [0.4, 0.5) is 0 Å². The zero-order chi connectivity index (χ0) is 22.0. The highest BCUT2D eigenvalue weighted by atomic mass is 16.3. The van der Waals surface area contributed by atoms with Crippen molar-refractivity contribution in [2.75, 3.05) is 27.2 Å². The van der Waals surface area contributed by atoms with Crippen molar-refractivity contribution in [1.82, 2.24) is 14.8 Å². The maximum absolute atomic E-state index is 13.1. The Morgan fingerprint density at radius 1 is 1.06 bits per heavy atom. The van der Waals surface area contributed by atoms with E-state index in [1.807, 2.05) is 61.5 Å². The molecule has 1 fully saturated rings. The fraction of sp³-hybridized carbons (Fsp3) is 0.240. The van der Waals surface area contributed by atoms with Gasteiger partial charge in [-0.15, -0.1) is 0 Å². The van der Waals surface area contributed by atoms with Gasteiger partial charge in [-0.2, -0.15) is 0 Å². The number of aliphatic hydroxyl groups is 1. The highest BCUT2D eigenvalue weighted by molar-refractivity contribution is 6.46. The molecule has 1 saturated heterocycles. The van der Waals surface area contributed by atoms with Gasteiger partial charge in [0.25, 0.3) is 11.7 Å². The van der Waals surface area contributed by atoms with E-state index in [0.29, 0.717) is 24.1 Å². The number of hydrogen-bond donors (Lipinski definition) is 1. The number of pyridine rings is 1. The van der Waals surface area contributed by atoms with Crippen molar-refractivity contribution < 1.29 is 14.7 Å². The van der Waals surface area contributed by atoms with Gasteiger partial charge in [-0.25, -0.2) is 0 Å². The minimum absolute atomic E-state index is 0.110. The average molecular weight is 415 g/mol. The van der Waals surface area contributed by atoms with Crippen molar-refractivity contribution in [1.29, 1.82) is 0 Å². The monoisotopic (exact) mass is 415 g/mol. The third-order valence-electron chi connectivity index (χ3n) is 5.59. The molecule has 158 valence electrons. The van der Waals surface area contributed by atoms with Gasteiger partial charge in [0, 0.05) is 24.5 Å². The Labute approximate surface area is 181 Å². The number of Topliss-reactive ketones (excluding diaryl/α,β-unsaturated/α-hetero) is 1. The molecular weight excluding hydrogens is 390 g/mol. The number of fused-ring (bicyclic) bond motifs is 1. The highest BCUT2D eigenvalue weighted by Gasteiger charge is 2.46. The zero-order valence-electron chi connectivity index (χ0n) is 17.7. The molecule has 6 nitrogen and oxygen atoms in total. The minimum atomic E-state index is -0.671. The molecule has 6 heteroatoms. The Balaban J connectivity index is 1.85. The summed E-state index contributed by atoms with van der Waals surface area (Å²) in [5, 5.41) is 13.1. The molecule has 31 heavy (non-hydrogen) atoms. The summed E-state index contributed by atoms with van der Waals surface area (Å²) < 4.78 is 0. The number of aliphatic hydroxyl groups excluding tert-OH is 1. The third-order valence-corrected chi connectivity index (χ3v) is 5.59. The van der Waals surface area contributed by atoms with E-state index in [-0.39, 0.29) is 11.3 Å². The first-order valence-corrected chi connectivity index (χ1v) is 10.3. The van der Waals surface area contributed by atoms with E-state index >= 15 is 0 Å². The summed E-state index contributed by atoms with van der Waals surface area (Å²) in [6.07, 6.45) is 4.00. The second-order valence-electron chi connectivity index (χ2n) is 7.96. The average Bonchev–Trinajstić information content (AvgIpc) is 3.03. The summed E-state index contributed by atoms with van der Waals surface area (Å²) in [5.74, 6) is -1.40. The summed E-state index contributed by atoms with van der Waals surface area (Å²) in [6.45, 7) is 1.20. The quantitative estimate of drug-likeness (QED) is 0.378. The van der Waals surface area contributed by atoms with Gasteiger partial charge in [0.15, 0.2) is 0 Å². The Morgan fingerprint density at radius 2 is 1.84 bits per heavy atom. The summed E-state index contributed by atoms with van der Waals surface area (Å²) in [7, 11) is 3.93. The fourth-order valence-electron chi connectivity index (χ4n) is 4.13. The van der Waals surface area contributed by atoms with Crippen LogP contribution in [0.5, 0.6) is 0 Å². The smallest absolute Gasteiger partial charge is 0.295 e. The molecule has 1 N–H and O–H groups in total. The molecular formula is C25H25N3O3. The lowest BCUT2D eigenvalue weighted by atomic mass is 9.94. The molecule has 1 aliphatic rings. The second kappa shape index (κ2) is 8.70. The molecule has 4 rings (SSSR count). The summed E-state index contributed by atoms with van der Waals surface area (Å²) in [5.41, 5.74) is 1.35. The Hall–Kier alpha value is -3.51. The molecule has 1 aromatic heterocycles. The van der Waals surface area contributed by atoms with Crippen LogP contribution in [0.25, 0.3) is 16.5 Å². The summed E-state index contributed by atoms with van der Waals surface area (Å²) in [4.78, 5) is 33.8. The number of nitrogens with zero attached hydrogens (tertiary/aromatic N) is 3. The van der Waals surface area contributed by atoms with E-state index in [9.17, 15) is 14.7 Å². The Morgan fingerprint density at radius 3 is 2.58 bits per heavy atom. The molecule has 0 aliphatic carbocycles. The van der Waals surface area contributed by atoms with Gasteiger partial charge in [-0.1, -0.05) is 48.5 Å². The number of amides is 1. The van der Waals surface area contributed by atoms with Crippen LogP contribution in [-0.4, -0.2) is 58.8 Å². The molecule has 2 heterocycles. The SMILES string of the molecule is CN(C)CCCN1C(=O)C(=O)/C(=C(\O)c2cccc3ccccc23)C1c1cccnc1. The largest absolute Gasteiger partial charge is 0.507 e. The number of aromatic nitrogens is 1. The third kappa shape index (κ3) is 3.94. The van der Waals surface area contributed by atoms with E-state index in [2.05, 4.69) is 4.98 Å². The van der Waals surface area contributed by atoms with Crippen LogP contribution in [-0.2, 0) is 9.59 Å². The van der Waals surface area contributed by atoms with Gasteiger partial charge < -0.3 is 14.9 Å². The molecule has 0 radical (unpaired) electrons. The highest BCUT2D eigenvalue weighted by Crippen LogP contribution is 2.40. The molecule has 1 atom stereocenters. The van der Waals surface area contributed by atoms with Gasteiger partial charge in [-0.05, 0) is 49.5 Å². The number of rotatable bonds is 6. The predicted octanol–water partition coefficient (Wildman–Crippen LogP) is 3.61. The van der Waals surface area contributed by atoms with Crippen molar-refractivity contribution in [3.05, 3.63) is 83.7 Å². The van der Waals surface area contributed by atoms with E-state index in [1.54, 1.807) is 29.4 Å². The first-order chi connectivity index (χ1) is 15.0. The lowest BCUT2D eigenvalue weighted by molar-refractivity contribution is -0.139. The molecule has 0 saturated carbocycles. The molecule has 0 spiro atoms. The van der Waals surface area contributed by atoms with E-state index in [0.717, 1.165) is 17.3 Å². The maximum atomic E-state index is 13.1. The van der Waals surface area contributed by atoms with Crippen molar-refractivity contribution >= 4 is 28.2 Å². The number of carbonyl (C=O) groups is 2. The van der Waals surface area contributed by atoms with E-state index in [4.69, 9.17) is 0 Å². The predicted molar refractivity (Wildman–Crippen MR) is 120 cm³/mol. The first-order valence-electron chi connectivity index (χ1n) is 10.3. The summed E-state index contributed by atoms with van der Waals surface area (Å²) in [6, 6.07) is 16.1. The van der Waals surface area contributed by atoms with Crippen LogP contribution < -0.4 is 0 Å². The van der Waals surface area contributed by atoms with Crippen LogP contribution in [0.15, 0.2) is 72.6 Å². The molecule has 1 aliphatic heterocycles. The van der Waals surface area contributed by atoms with Crippen LogP contribution in [0.1, 0.15) is 23.6 Å². The van der Waals surface area contributed by atoms with Gasteiger partial charge in [0.05, 0.1) is 11.6 Å². The summed E-state index contributed by atoms with van der Waals surface area (Å²) >= 11 is 0. The van der Waals surface area contributed by atoms with Crippen molar-refractivity contribution in [2.24, 2.45) is 0 Å². The zero-order valence-corrected chi connectivity index (χ0v) is 17.7. The number of carbonyl (C=O) groups excluding carboxylic acids is 2. The van der Waals surface area contributed by atoms with Crippen LogP contribution in [0.2, 0.25) is 0 Å². The maximum Gasteiger partial charge on any atom is 0.295 e. The van der Waals surface area contributed by atoms with Crippen molar-refractivity contribution in [3.8, 4) is 0 Å². The Kier molecular flexibility index (Phi) is 5.82. The van der Waals surface area contributed by atoms with Crippen molar-refractivity contribution in [2.45, 2.75) is 12.5 Å². The van der Waals surface area contributed by atoms with Crippen LogP contribution in [0, 0.1) is 0 Å². The van der Waals surface area contributed by atoms with Gasteiger partial charge in [0.1, 0.15) is 5.76 Å². The minimum Gasteiger partial charge on any atom is -0.507 e. The molecule has 1 unspecified atom stereocenters. The normalized spacial score (nSPS) is 18.3. The lowest BCUT2D eigenvalue weighted by Crippen LogP contribution is -2.32. The number of likely N-dealkylation sites (tertiary alicyclic amines) is 1. The first kappa shape index (κ1) is 20.8. The number of benzene rings is 2. The van der Waals surface area contributed by atoms with Crippen molar-refractivity contribution in [3.63, 3.8) is 0 Å². The fourth-order valence-corrected chi connectivity index (χ4v) is 4.13. The van der Waals surface area contributed by atoms with Crippen LogP contribution in [0.3, 0.4) is 0 Å². The van der Waals surface area contributed by atoms with Gasteiger partial charge in [-0.3, -0.25) is 14.6 Å². The van der Waals surface area contributed by atoms with Crippen LogP contribution >= 0.6 is 0 Å². The molecule has 2 aromatic carbocycles. The second-order valence-corrected chi connectivity index (χ2v) is 7.96. The topological polar surface area (TPSA) is 73.7 Å². The molecule has 3 aromatic rings. The standard InChI is InChI=1S/C25H25N3O3/c1-27(2)14-7-15-28-22(18-10-6-13-26-16-18)21(24(30)25(28)31)23(29)20-12-5-9-17-8-3-4-11-19(17)20/h3-6,8-13,16,22,29H,7,14-15H2,1-2H3/b23-21-. The van der Waals surface area contributed by atoms with Gasteiger partial charge >= 0.3 is 0 Å². The Bertz CT molecular complexity index is 1150. The van der Waals surface area contributed by atoms with Gasteiger partial charge in [0.2, 0.25) is 0 Å². The number of ketones is 1. The molecule has 1 amide bonds.